The van der Waals surface area contributed by atoms with Gasteiger partial charge in [0, 0.05) is 13.1 Å². The summed E-state index contributed by atoms with van der Waals surface area (Å²) < 4.78 is 0. The van der Waals surface area contributed by atoms with E-state index in [2.05, 4.69) is 26.2 Å². The summed E-state index contributed by atoms with van der Waals surface area (Å²) in [6, 6.07) is -0.0789. The maximum absolute atomic E-state index is 10.8. The van der Waals surface area contributed by atoms with Crippen LogP contribution in [0.3, 0.4) is 0 Å². The van der Waals surface area contributed by atoms with E-state index in [-0.39, 0.29) is 0 Å². The predicted octanol–water partition coefficient (Wildman–Crippen LogP) is 1.72. The van der Waals surface area contributed by atoms with Crippen LogP contribution in [0.25, 0.3) is 0 Å². The van der Waals surface area contributed by atoms with Gasteiger partial charge in [-0.3, -0.25) is 5.43 Å². The SMILES string of the molecule is CC1CC(N(C)NC(N)=O)CC(C)(C)C1. The maximum Gasteiger partial charge on any atom is 0.326 e. The summed E-state index contributed by atoms with van der Waals surface area (Å²) in [5.74, 6) is 0.705. The topological polar surface area (TPSA) is 58.4 Å². The van der Waals surface area contributed by atoms with Crippen LogP contribution >= 0.6 is 0 Å². The zero-order valence-electron chi connectivity index (χ0n) is 10.2. The molecule has 4 nitrogen and oxygen atoms in total. The molecule has 0 bridgehead atoms. The first-order valence-corrected chi connectivity index (χ1v) is 5.59. The Bertz CT molecular complexity index is 240. The molecule has 0 aromatic heterocycles. The van der Waals surface area contributed by atoms with Crippen LogP contribution in [0.5, 0.6) is 0 Å². The highest BCUT2D eigenvalue weighted by Gasteiger charge is 2.34. The van der Waals surface area contributed by atoms with Crippen LogP contribution in [-0.2, 0) is 0 Å². The molecule has 0 spiro atoms. The third kappa shape index (κ3) is 3.70. The molecule has 0 radical (unpaired) electrons. The fourth-order valence-electron chi connectivity index (χ4n) is 2.86. The largest absolute Gasteiger partial charge is 0.351 e. The van der Waals surface area contributed by atoms with Gasteiger partial charge >= 0.3 is 6.03 Å². The average molecular weight is 213 g/mol. The van der Waals surface area contributed by atoms with Crippen LogP contribution in [0.4, 0.5) is 4.79 Å². The van der Waals surface area contributed by atoms with Gasteiger partial charge in [-0.15, -0.1) is 0 Å². The van der Waals surface area contributed by atoms with Crippen LogP contribution in [0, 0.1) is 11.3 Å². The second kappa shape index (κ2) is 4.39. The van der Waals surface area contributed by atoms with E-state index in [0.29, 0.717) is 17.4 Å². The molecular formula is C11H23N3O. The van der Waals surface area contributed by atoms with E-state index in [1.54, 1.807) is 0 Å². The molecule has 1 saturated carbocycles. The lowest BCUT2D eigenvalue weighted by Gasteiger charge is -2.42. The second-order valence-corrected chi connectivity index (χ2v) is 5.65. The number of urea groups is 1. The fraction of sp³-hybridized carbons (Fsp3) is 0.909. The monoisotopic (exact) mass is 213 g/mol. The number of rotatable bonds is 2. The molecule has 0 heterocycles. The average Bonchev–Trinajstić information content (AvgIpc) is 1.98. The van der Waals surface area contributed by atoms with Crippen LogP contribution < -0.4 is 11.2 Å². The van der Waals surface area contributed by atoms with Crippen molar-refractivity contribution in [3.63, 3.8) is 0 Å². The summed E-state index contributed by atoms with van der Waals surface area (Å²) in [6.45, 7) is 6.84. The van der Waals surface area contributed by atoms with Gasteiger partial charge in [0.05, 0.1) is 0 Å². The Labute approximate surface area is 92.2 Å². The van der Waals surface area contributed by atoms with Crippen molar-refractivity contribution in [2.24, 2.45) is 17.1 Å². The molecule has 3 N–H and O–H groups in total. The standard InChI is InChI=1S/C11H23N3O/c1-8-5-9(7-11(2,3)6-8)14(4)13-10(12)15/h8-9H,5-7H2,1-4H3,(H3,12,13,15). The second-order valence-electron chi connectivity index (χ2n) is 5.65. The van der Waals surface area contributed by atoms with Crippen LogP contribution in [0.2, 0.25) is 0 Å². The van der Waals surface area contributed by atoms with Gasteiger partial charge in [0.15, 0.2) is 0 Å². The van der Waals surface area contributed by atoms with Gasteiger partial charge in [-0.05, 0) is 30.6 Å². The Morgan fingerprint density at radius 3 is 2.53 bits per heavy atom. The number of amides is 2. The third-order valence-corrected chi connectivity index (χ3v) is 3.20. The number of primary amides is 1. The predicted molar refractivity (Wildman–Crippen MR) is 61.1 cm³/mol. The molecule has 1 aliphatic rings. The molecule has 0 aromatic rings. The highest BCUT2D eigenvalue weighted by molar-refractivity contribution is 5.70. The van der Waals surface area contributed by atoms with Crippen molar-refractivity contribution in [1.82, 2.24) is 10.4 Å². The Kier molecular flexibility index (Phi) is 3.60. The van der Waals surface area contributed by atoms with Gasteiger partial charge in [0.2, 0.25) is 0 Å². The first-order valence-electron chi connectivity index (χ1n) is 5.59. The molecule has 4 heteroatoms. The van der Waals surface area contributed by atoms with Gasteiger partial charge < -0.3 is 5.73 Å². The molecule has 2 amide bonds. The van der Waals surface area contributed by atoms with Crippen molar-refractivity contribution in [1.29, 1.82) is 0 Å². The number of hydrogen-bond acceptors (Lipinski definition) is 2. The van der Waals surface area contributed by atoms with Crippen LogP contribution in [0.15, 0.2) is 0 Å². The minimum atomic E-state index is -0.478. The Morgan fingerprint density at radius 1 is 1.47 bits per heavy atom. The normalized spacial score (nSPS) is 30.2. The minimum absolute atomic E-state index is 0.357. The lowest BCUT2D eigenvalue weighted by Crippen LogP contribution is -2.51. The number of nitrogens with one attached hydrogen (secondary N) is 1. The van der Waals surface area contributed by atoms with Crippen LogP contribution in [0.1, 0.15) is 40.0 Å². The fourth-order valence-corrected chi connectivity index (χ4v) is 2.86. The number of nitrogens with zero attached hydrogens (tertiary/aromatic N) is 1. The zero-order chi connectivity index (χ0) is 11.6. The molecule has 1 aliphatic carbocycles. The molecule has 88 valence electrons. The molecule has 0 aliphatic heterocycles. The number of carbonyl (C=O) groups excluding carboxylic acids is 1. The lowest BCUT2D eigenvalue weighted by molar-refractivity contribution is 0.0610. The number of nitrogens with two attached hydrogens (primary N) is 1. The highest BCUT2D eigenvalue weighted by Crippen LogP contribution is 2.39. The smallest absolute Gasteiger partial charge is 0.326 e. The maximum atomic E-state index is 10.8. The first kappa shape index (κ1) is 12.3. The van der Waals surface area contributed by atoms with Crippen molar-refractivity contribution in [2.75, 3.05) is 7.05 Å². The summed E-state index contributed by atoms with van der Waals surface area (Å²) >= 11 is 0. The van der Waals surface area contributed by atoms with Crippen molar-refractivity contribution < 1.29 is 4.79 Å². The Hall–Kier alpha value is -0.770. The van der Waals surface area contributed by atoms with E-state index in [1.165, 1.54) is 6.42 Å². The van der Waals surface area contributed by atoms with E-state index in [4.69, 9.17) is 5.73 Å². The van der Waals surface area contributed by atoms with Crippen molar-refractivity contribution in [3.8, 4) is 0 Å². The molecule has 0 saturated heterocycles. The van der Waals surface area contributed by atoms with Crippen molar-refractivity contribution in [3.05, 3.63) is 0 Å². The molecule has 2 atom stereocenters. The first-order chi connectivity index (χ1) is 6.80. The summed E-state index contributed by atoms with van der Waals surface area (Å²) in [7, 11) is 1.89. The van der Waals surface area contributed by atoms with Gasteiger partial charge in [-0.1, -0.05) is 20.8 Å². The zero-order valence-corrected chi connectivity index (χ0v) is 10.2. The quantitative estimate of drug-likeness (QED) is 0.686. The minimum Gasteiger partial charge on any atom is -0.351 e. The van der Waals surface area contributed by atoms with Crippen LogP contribution in [-0.4, -0.2) is 24.1 Å². The van der Waals surface area contributed by atoms with E-state index in [0.717, 1.165) is 12.8 Å². The summed E-state index contributed by atoms with van der Waals surface area (Å²) in [4.78, 5) is 10.8. The number of hydrazine groups is 1. The summed E-state index contributed by atoms with van der Waals surface area (Å²) in [5, 5.41) is 1.86. The van der Waals surface area contributed by atoms with Crippen molar-refractivity contribution >= 4 is 6.03 Å². The van der Waals surface area contributed by atoms with E-state index in [1.807, 2.05) is 12.1 Å². The van der Waals surface area contributed by atoms with E-state index < -0.39 is 6.03 Å². The summed E-state index contributed by atoms with van der Waals surface area (Å²) in [5.41, 5.74) is 8.11. The number of hydrogen-bond donors (Lipinski definition) is 2. The third-order valence-electron chi connectivity index (χ3n) is 3.20. The lowest BCUT2D eigenvalue weighted by atomic mass is 9.70. The molecule has 15 heavy (non-hydrogen) atoms. The highest BCUT2D eigenvalue weighted by atomic mass is 16.2. The van der Waals surface area contributed by atoms with Gasteiger partial charge in [0.1, 0.15) is 0 Å². The number of carbonyl (C=O) groups is 1. The summed E-state index contributed by atoms with van der Waals surface area (Å²) in [6.07, 6.45) is 3.49. The molecular weight excluding hydrogens is 190 g/mol. The van der Waals surface area contributed by atoms with E-state index in [9.17, 15) is 4.79 Å². The molecule has 0 aromatic carbocycles. The Balaban J connectivity index is 2.57. The van der Waals surface area contributed by atoms with Gasteiger partial charge in [-0.2, -0.15) is 0 Å². The van der Waals surface area contributed by atoms with Gasteiger partial charge in [-0.25, -0.2) is 9.80 Å². The van der Waals surface area contributed by atoms with Crippen molar-refractivity contribution in [2.45, 2.75) is 46.1 Å². The molecule has 2 unspecified atom stereocenters. The Morgan fingerprint density at radius 2 is 2.07 bits per heavy atom. The molecule has 1 fully saturated rings. The van der Waals surface area contributed by atoms with E-state index >= 15 is 0 Å². The molecule has 1 rings (SSSR count). The van der Waals surface area contributed by atoms with Gasteiger partial charge in [0.25, 0.3) is 0 Å².